The number of rotatable bonds is 2. The molecule has 0 saturated carbocycles. The summed E-state index contributed by atoms with van der Waals surface area (Å²) in [7, 11) is 1.34. The summed E-state index contributed by atoms with van der Waals surface area (Å²) < 4.78 is 4.72. The van der Waals surface area contributed by atoms with Gasteiger partial charge in [-0.05, 0) is 29.3 Å². The van der Waals surface area contributed by atoms with Crippen LogP contribution in [0.3, 0.4) is 0 Å². The largest absolute Gasteiger partial charge is 0.508 e. The van der Waals surface area contributed by atoms with Crippen molar-refractivity contribution in [3.8, 4) is 16.9 Å². The van der Waals surface area contributed by atoms with E-state index in [0.29, 0.717) is 11.1 Å². The van der Waals surface area contributed by atoms with E-state index >= 15 is 0 Å². The summed E-state index contributed by atoms with van der Waals surface area (Å²) in [6.07, 6.45) is 0. The van der Waals surface area contributed by atoms with Crippen LogP contribution in [0.4, 0.5) is 0 Å². The molecule has 0 aromatic heterocycles. The van der Waals surface area contributed by atoms with E-state index in [4.69, 9.17) is 4.74 Å². The minimum atomic E-state index is -0.413. The molecule has 0 heterocycles. The zero-order valence-corrected chi connectivity index (χ0v) is 9.38. The number of methoxy groups -OCH3 is 1. The number of ether oxygens (including phenoxy) is 1. The van der Waals surface area contributed by atoms with Crippen molar-refractivity contribution in [2.75, 3.05) is 7.11 Å². The highest BCUT2D eigenvalue weighted by Crippen LogP contribution is 2.27. The van der Waals surface area contributed by atoms with E-state index in [1.54, 1.807) is 12.1 Å². The van der Waals surface area contributed by atoms with Gasteiger partial charge in [0, 0.05) is 0 Å². The van der Waals surface area contributed by atoms with Crippen molar-refractivity contribution in [3.05, 3.63) is 54.1 Å². The van der Waals surface area contributed by atoms with Gasteiger partial charge in [-0.25, -0.2) is 4.79 Å². The minimum Gasteiger partial charge on any atom is -0.508 e. The lowest BCUT2D eigenvalue weighted by molar-refractivity contribution is 0.0601. The molecule has 17 heavy (non-hydrogen) atoms. The Kier molecular flexibility index (Phi) is 3.10. The molecule has 2 aromatic carbocycles. The van der Waals surface area contributed by atoms with E-state index in [0.717, 1.165) is 5.56 Å². The average Bonchev–Trinajstić information content (AvgIpc) is 2.39. The van der Waals surface area contributed by atoms with Crippen LogP contribution in [-0.2, 0) is 4.74 Å². The second-order valence-corrected chi connectivity index (χ2v) is 3.59. The molecule has 0 radical (unpaired) electrons. The molecule has 0 saturated heterocycles. The Hall–Kier alpha value is -2.29. The summed E-state index contributed by atoms with van der Waals surface area (Å²) >= 11 is 0. The van der Waals surface area contributed by atoms with Crippen molar-refractivity contribution >= 4 is 5.97 Å². The Balaban J connectivity index is 2.59. The first-order valence-electron chi connectivity index (χ1n) is 5.19. The first kappa shape index (κ1) is 11.2. The molecular formula is C14H12O3. The molecule has 0 fully saturated rings. The fraction of sp³-hybridized carbons (Fsp3) is 0.0714. The molecule has 0 atom stereocenters. The minimum absolute atomic E-state index is 0.122. The molecule has 0 amide bonds. The smallest absolute Gasteiger partial charge is 0.338 e. The van der Waals surface area contributed by atoms with Crippen LogP contribution < -0.4 is 0 Å². The molecule has 0 aliphatic rings. The van der Waals surface area contributed by atoms with E-state index in [2.05, 4.69) is 0 Å². The second-order valence-electron chi connectivity index (χ2n) is 3.59. The zero-order valence-electron chi connectivity index (χ0n) is 9.38. The van der Waals surface area contributed by atoms with Gasteiger partial charge in [-0.1, -0.05) is 30.3 Å². The molecule has 1 N–H and O–H groups in total. The standard InChI is InChI=1S/C14H12O3/c1-17-14(16)12-8-7-11(15)9-13(12)10-5-3-2-4-6-10/h2-9,15H,1H3. The molecule has 0 aliphatic heterocycles. The number of hydrogen-bond donors (Lipinski definition) is 1. The summed E-state index contributed by atoms with van der Waals surface area (Å²) in [5, 5.41) is 9.50. The zero-order chi connectivity index (χ0) is 12.3. The molecule has 0 spiro atoms. The maximum atomic E-state index is 11.6. The van der Waals surface area contributed by atoms with Crippen LogP contribution in [0.1, 0.15) is 10.4 Å². The fourth-order valence-electron chi connectivity index (χ4n) is 1.68. The number of carbonyl (C=O) groups excluding carboxylic acids is 1. The third-order valence-electron chi connectivity index (χ3n) is 2.49. The quantitative estimate of drug-likeness (QED) is 0.804. The first-order valence-corrected chi connectivity index (χ1v) is 5.19. The number of phenolic OH excluding ortho intramolecular Hbond substituents is 1. The van der Waals surface area contributed by atoms with Crippen molar-refractivity contribution in [3.63, 3.8) is 0 Å². The van der Waals surface area contributed by atoms with Crippen LogP contribution in [0.2, 0.25) is 0 Å². The molecule has 2 rings (SSSR count). The molecule has 2 aromatic rings. The Morgan fingerprint density at radius 1 is 1.12 bits per heavy atom. The normalized spacial score (nSPS) is 9.94. The number of benzene rings is 2. The lowest BCUT2D eigenvalue weighted by Crippen LogP contribution is -2.03. The van der Waals surface area contributed by atoms with Crippen LogP contribution in [-0.4, -0.2) is 18.2 Å². The number of esters is 1. The van der Waals surface area contributed by atoms with Gasteiger partial charge in [0.15, 0.2) is 0 Å². The van der Waals surface area contributed by atoms with Crippen LogP contribution in [0.5, 0.6) is 5.75 Å². The van der Waals surface area contributed by atoms with E-state index in [9.17, 15) is 9.90 Å². The van der Waals surface area contributed by atoms with Gasteiger partial charge in [-0.15, -0.1) is 0 Å². The van der Waals surface area contributed by atoms with Gasteiger partial charge >= 0.3 is 5.97 Å². The fourth-order valence-corrected chi connectivity index (χ4v) is 1.68. The maximum absolute atomic E-state index is 11.6. The maximum Gasteiger partial charge on any atom is 0.338 e. The predicted molar refractivity (Wildman–Crippen MR) is 64.9 cm³/mol. The molecule has 86 valence electrons. The van der Waals surface area contributed by atoms with Gasteiger partial charge in [0.1, 0.15) is 5.75 Å². The van der Waals surface area contributed by atoms with Crippen LogP contribution in [0.25, 0.3) is 11.1 Å². The van der Waals surface area contributed by atoms with Crippen molar-refractivity contribution in [2.24, 2.45) is 0 Å². The average molecular weight is 228 g/mol. The molecule has 0 bridgehead atoms. The van der Waals surface area contributed by atoms with Gasteiger partial charge < -0.3 is 9.84 Å². The van der Waals surface area contributed by atoms with Crippen molar-refractivity contribution in [1.82, 2.24) is 0 Å². The van der Waals surface area contributed by atoms with Crippen LogP contribution in [0.15, 0.2) is 48.5 Å². The van der Waals surface area contributed by atoms with Gasteiger partial charge in [0.25, 0.3) is 0 Å². The summed E-state index contributed by atoms with van der Waals surface area (Å²) in [6.45, 7) is 0. The monoisotopic (exact) mass is 228 g/mol. The molecule has 0 aliphatic carbocycles. The number of hydrogen-bond acceptors (Lipinski definition) is 3. The number of phenols is 1. The predicted octanol–water partition coefficient (Wildman–Crippen LogP) is 2.85. The lowest BCUT2D eigenvalue weighted by atomic mass is 9.99. The molecule has 3 nitrogen and oxygen atoms in total. The third kappa shape index (κ3) is 2.28. The number of carbonyl (C=O) groups is 1. The highest BCUT2D eigenvalue weighted by Gasteiger charge is 2.13. The molecular weight excluding hydrogens is 216 g/mol. The van der Waals surface area contributed by atoms with Crippen molar-refractivity contribution in [2.45, 2.75) is 0 Å². The van der Waals surface area contributed by atoms with Gasteiger partial charge in [-0.2, -0.15) is 0 Å². The summed E-state index contributed by atoms with van der Waals surface area (Å²) in [5.74, 6) is -0.291. The third-order valence-corrected chi connectivity index (χ3v) is 2.49. The Morgan fingerprint density at radius 3 is 2.47 bits per heavy atom. The Labute approximate surface area is 99.3 Å². The Morgan fingerprint density at radius 2 is 1.82 bits per heavy atom. The highest BCUT2D eigenvalue weighted by molar-refractivity contribution is 5.97. The Bertz CT molecular complexity index is 532. The van der Waals surface area contributed by atoms with E-state index in [-0.39, 0.29) is 5.75 Å². The van der Waals surface area contributed by atoms with Crippen LogP contribution >= 0.6 is 0 Å². The van der Waals surface area contributed by atoms with Gasteiger partial charge in [0.05, 0.1) is 12.7 Å². The van der Waals surface area contributed by atoms with Crippen molar-refractivity contribution < 1.29 is 14.6 Å². The SMILES string of the molecule is COC(=O)c1ccc(O)cc1-c1ccccc1. The summed E-state index contributed by atoms with van der Waals surface area (Å²) in [5.41, 5.74) is 1.97. The van der Waals surface area contributed by atoms with E-state index < -0.39 is 5.97 Å². The number of aromatic hydroxyl groups is 1. The lowest BCUT2D eigenvalue weighted by Gasteiger charge is -2.08. The van der Waals surface area contributed by atoms with Gasteiger partial charge in [0.2, 0.25) is 0 Å². The van der Waals surface area contributed by atoms with E-state index in [1.165, 1.54) is 13.2 Å². The molecule has 3 heteroatoms. The summed E-state index contributed by atoms with van der Waals surface area (Å²) in [4.78, 5) is 11.6. The van der Waals surface area contributed by atoms with Gasteiger partial charge in [-0.3, -0.25) is 0 Å². The van der Waals surface area contributed by atoms with Crippen LogP contribution in [0, 0.1) is 0 Å². The van der Waals surface area contributed by atoms with E-state index in [1.807, 2.05) is 30.3 Å². The highest BCUT2D eigenvalue weighted by atomic mass is 16.5. The topological polar surface area (TPSA) is 46.5 Å². The molecule has 0 unspecified atom stereocenters. The summed E-state index contributed by atoms with van der Waals surface area (Å²) in [6, 6.07) is 14.0. The van der Waals surface area contributed by atoms with Crippen molar-refractivity contribution in [1.29, 1.82) is 0 Å². The second kappa shape index (κ2) is 4.70. The first-order chi connectivity index (χ1) is 8.22.